The summed E-state index contributed by atoms with van der Waals surface area (Å²) in [5.41, 5.74) is 0.617. The summed E-state index contributed by atoms with van der Waals surface area (Å²) in [6, 6.07) is 10.9. The average Bonchev–Trinajstić information content (AvgIpc) is 3.11. The minimum absolute atomic E-state index is 0. The normalized spacial score (nSPS) is 16.2. The van der Waals surface area contributed by atoms with Gasteiger partial charge in [0.25, 0.3) is 5.91 Å². The fourth-order valence-corrected chi connectivity index (χ4v) is 3.14. The highest BCUT2D eigenvalue weighted by atomic mass is 35.5. The lowest BCUT2D eigenvalue weighted by atomic mass is 10.1. The number of hydrogen-bond acceptors (Lipinski definition) is 3. The van der Waals surface area contributed by atoms with Gasteiger partial charge in [0, 0.05) is 17.1 Å². The first kappa shape index (κ1) is 18.8. The van der Waals surface area contributed by atoms with E-state index in [-0.39, 0.29) is 24.4 Å². The predicted octanol–water partition coefficient (Wildman–Crippen LogP) is 4.31. The molecular weight excluding hydrogens is 347 g/mol. The summed E-state index contributed by atoms with van der Waals surface area (Å²) >= 11 is 5.86. The van der Waals surface area contributed by atoms with Gasteiger partial charge in [0.2, 0.25) is 0 Å². The zero-order valence-corrected chi connectivity index (χ0v) is 15.0. The van der Waals surface area contributed by atoms with Crippen molar-refractivity contribution in [2.45, 2.75) is 25.3 Å². The molecule has 1 amide bonds. The van der Waals surface area contributed by atoms with Crippen LogP contribution in [-0.2, 0) is 0 Å². The topological polar surface area (TPSA) is 45.5 Å². The monoisotopic (exact) mass is 368 g/mol. The van der Waals surface area contributed by atoms with Gasteiger partial charge in [0.05, 0.1) is 12.3 Å². The van der Waals surface area contributed by atoms with Crippen molar-refractivity contribution in [1.29, 1.82) is 0 Å². The molecule has 0 saturated carbocycles. The molecule has 0 radical (unpaired) electrons. The van der Waals surface area contributed by atoms with Gasteiger partial charge in [-0.25, -0.2) is 0 Å². The third-order valence-corrected chi connectivity index (χ3v) is 4.52. The number of hydrogen-bond donors (Lipinski definition) is 1. The minimum atomic E-state index is -0.0877. The minimum Gasteiger partial charge on any atom is -0.468 e. The largest absolute Gasteiger partial charge is 0.468 e. The molecule has 6 heteroatoms. The van der Waals surface area contributed by atoms with E-state index in [1.165, 1.54) is 19.3 Å². The van der Waals surface area contributed by atoms with Crippen molar-refractivity contribution >= 4 is 29.9 Å². The molecule has 2 heterocycles. The molecule has 0 aliphatic carbocycles. The summed E-state index contributed by atoms with van der Waals surface area (Å²) in [7, 11) is 0. The van der Waals surface area contributed by atoms with E-state index in [4.69, 9.17) is 16.0 Å². The molecule has 1 saturated heterocycles. The number of rotatable bonds is 5. The van der Waals surface area contributed by atoms with Crippen LogP contribution < -0.4 is 5.32 Å². The van der Waals surface area contributed by atoms with Crippen LogP contribution in [0.2, 0.25) is 5.02 Å². The van der Waals surface area contributed by atoms with Gasteiger partial charge < -0.3 is 9.73 Å². The Morgan fingerprint density at radius 3 is 2.50 bits per heavy atom. The lowest BCUT2D eigenvalue weighted by Crippen LogP contribution is -2.40. The van der Waals surface area contributed by atoms with E-state index in [1.807, 2.05) is 12.1 Å². The van der Waals surface area contributed by atoms with Gasteiger partial charge in [-0.2, -0.15) is 0 Å². The van der Waals surface area contributed by atoms with Crippen LogP contribution in [0.25, 0.3) is 0 Å². The standard InChI is InChI=1S/C18H21ClN2O2.ClH/c19-15-8-6-14(7-9-15)18(22)20-13-16(17-5-4-12-23-17)21-10-2-1-3-11-21;/h4-9,12,16H,1-3,10-11,13H2,(H,20,22);1H. The maximum absolute atomic E-state index is 12.3. The van der Waals surface area contributed by atoms with Crippen molar-refractivity contribution in [3.63, 3.8) is 0 Å². The smallest absolute Gasteiger partial charge is 0.251 e. The maximum atomic E-state index is 12.3. The zero-order chi connectivity index (χ0) is 16.1. The van der Waals surface area contributed by atoms with Gasteiger partial charge in [-0.15, -0.1) is 12.4 Å². The van der Waals surface area contributed by atoms with Crippen LogP contribution in [0, 0.1) is 0 Å². The van der Waals surface area contributed by atoms with Crippen molar-refractivity contribution in [3.8, 4) is 0 Å². The Bertz CT molecular complexity index is 623. The molecule has 4 nitrogen and oxygen atoms in total. The molecule has 3 rings (SSSR count). The van der Waals surface area contributed by atoms with Crippen LogP contribution in [0.15, 0.2) is 47.1 Å². The van der Waals surface area contributed by atoms with E-state index >= 15 is 0 Å². The fourth-order valence-electron chi connectivity index (χ4n) is 3.01. The molecule has 24 heavy (non-hydrogen) atoms. The molecule has 1 aromatic carbocycles. The number of halogens is 2. The second-order valence-electron chi connectivity index (χ2n) is 5.84. The third kappa shape index (κ3) is 4.76. The molecule has 1 atom stereocenters. The number of furan rings is 1. The molecule has 0 bridgehead atoms. The number of carbonyl (C=O) groups excluding carboxylic acids is 1. The first-order valence-corrected chi connectivity index (χ1v) is 8.43. The number of likely N-dealkylation sites (tertiary alicyclic amines) is 1. The van der Waals surface area contributed by atoms with Crippen molar-refractivity contribution in [2.24, 2.45) is 0 Å². The lowest BCUT2D eigenvalue weighted by molar-refractivity contribution is 0.0914. The average molecular weight is 369 g/mol. The SMILES string of the molecule is Cl.O=C(NCC(c1ccco1)N1CCCCC1)c1ccc(Cl)cc1. The van der Waals surface area contributed by atoms with E-state index in [9.17, 15) is 4.79 Å². The second kappa shape index (κ2) is 9.11. The number of benzene rings is 1. The first-order valence-electron chi connectivity index (χ1n) is 8.05. The Morgan fingerprint density at radius 2 is 1.88 bits per heavy atom. The van der Waals surface area contributed by atoms with Crippen LogP contribution in [0.1, 0.15) is 41.4 Å². The third-order valence-electron chi connectivity index (χ3n) is 4.27. The Hall–Kier alpha value is -1.49. The quantitative estimate of drug-likeness (QED) is 0.854. The second-order valence-corrected chi connectivity index (χ2v) is 6.28. The molecule has 2 aromatic rings. The predicted molar refractivity (Wildman–Crippen MR) is 97.9 cm³/mol. The Kier molecular flexibility index (Phi) is 7.16. The van der Waals surface area contributed by atoms with Crippen LogP contribution in [0.3, 0.4) is 0 Å². The van der Waals surface area contributed by atoms with Crippen LogP contribution >= 0.6 is 24.0 Å². The number of nitrogens with zero attached hydrogens (tertiary/aromatic N) is 1. The summed E-state index contributed by atoms with van der Waals surface area (Å²) in [4.78, 5) is 14.7. The van der Waals surface area contributed by atoms with E-state index < -0.39 is 0 Å². The van der Waals surface area contributed by atoms with E-state index in [0.29, 0.717) is 17.1 Å². The van der Waals surface area contributed by atoms with Crippen LogP contribution in [0.4, 0.5) is 0 Å². The van der Waals surface area contributed by atoms with Crippen molar-refractivity contribution in [3.05, 3.63) is 59.0 Å². The van der Waals surface area contributed by atoms with Gasteiger partial charge in [-0.1, -0.05) is 18.0 Å². The highest BCUT2D eigenvalue weighted by molar-refractivity contribution is 6.30. The molecule has 0 spiro atoms. The van der Waals surface area contributed by atoms with Crippen LogP contribution in [-0.4, -0.2) is 30.4 Å². The molecule has 1 aliphatic heterocycles. The Balaban J connectivity index is 0.00000208. The van der Waals surface area contributed by atoms with Gasteiger partial charge in [-0.3, -0.25) is 9.69 Å². The Labute approximate surface area is 153 Å². The zero-order valence-electron chi connectivity index (χ0n) is 13.4. The fraction of sp³-hybridized carbons (Fsp3) is 0.389. The maximum Gasteiger partial charge on any atom is 0.251 e. The lowest BCUT2D eigenvalue weighted by Gasteiger charge is -2.33. The first-order chi connectivity index (χ1) is 11.2. The highest BCUT2D eigenvalue weighted by Gasteiger charge is 2.25. The van der Waals surface area contributed by atoms with Gasteiger partial charge >= 0.3 is 0 Å². The summed E-state index contributed by atoms with van der Waals surface area (Å²) < 4.78 is 5.59. The summed E-state index contributed by atoms with van der Waals surface area (Å²) in [6.07, 6.45) is 5.36. The van der Waals surface area contributed by atoms with E-state index in [1.54, 1.807) is 30.5 Å². The van der Waals surface area contributed by atoms with Gasteiger partial charge in [-0.05, 0) is 62.3 Å². The molecule has 1 fully saturated rings. The highest BCUT2D eigenvalue weighted by Crippen LogP contribution is 2.24. The van der Waals surface area contributed by atoms with E-state index in [0.717, 1.165) is 18.8 Å². The summed E-state index contributed by atoms with van der Waals surface area (Å²) in [5.74, 6) is 0.818. The van der Waals surface area contributed by atoms with Crippen molar-refractivity contribution in [1.82, 2.24) is 10.2 Å². The van der Waals surface area contributed by atoms with Crippen LogP contribution in [0.5, 0.6) is 0 Å². The molecular formula is C18H22Cl2N2O2. The molecule has 1 N–H and O–H groups in total. The van der Waals surface area contributed by atoms with Gasteiger partial charge in [0.1, 0.15) is 5.76 Å². The number of amides is 1. The summed E-state index contributed by atoms with van der Waals surface area (Å²) in [5, 5.41) is 3.65. The molecule has 1 unspecified atom stereocenters. The molecule has 130 valence electrons. The number of nitrogens with one attached hydrogen (secondary N) is 1. The number of piperidine rings is 1. The van der Waals surface area contributed by atoms with Crippen molar-refractivity contribution in [2.75, 3.05) is 19.6 Å². The molecule has 1 aromatic heterocycles. The van der Waals surface area contributed by atoms with E-state index in [2.05, 4.69) is 10.2 Å². The number of carbonyl (C=O) groups is 1. The Morgan fingerprint density at radius 1 is 1.17 bits per heavy atom. The molecule has 1 aliphatic rings. The summed E-state index contributed by atoms with van der Waals surface area (Å²) in [6.45, 7) is 2.62. The van der Waals surface area contributed by atoms with Gasteiger partial charge in [0.15, 0.2) is 0 Å². The van der Waals surface area contributed by atoms with Crippen molar-refractivity contribution < 1.29 is 9.21 Å².